The quantitative estimate of drug-likeness (QED) is 0.691. The lowest BCUT2D eigenvalue weighted by Gasteiger charge is -2.18. The molecule has 3 N–H and O–H groups in total. The lowest BCUT2D eigenvalue weighted by Crippen LogP contribution is -2.36. The first-order chi connectivity index (χ1) is 11.0. The number of ether oxygens (including phenoxy) is 1. The molecule has 1 aromatic carbocycles. The third-order valence-electron chi connectivity index (χ3n) is 3.11. The first-order valence-electron chi connectivity index (χ1n) is 6.97. The minimum atomic E-state index is -1.01. The summed E-state index contributed by atoms with van der Waals surface area (Å²) < 4.78 is 18.7. The number of halogens is 1. The van der Waals surface area contributed by atoms with Gasteiger partial charge >= 0.3 is 0 Å². The number of H-pyrrole nitrogens is 1. The minimum Gasteiger partial charge on any atom is -0.484 e. The molecule has 0 spiro atoms. The van der Waals surface area contributed by atoms with Crippen LogP contribution in [0.25, 0.3) is 0 Å². The van der Waals surface area contributed by atoms with Crippen LogP contribution in [0, 0.1) is 5.82 Å². The SMILES string of the molecule is CN(CC(O)CO)C(=O)c1cc(COc2ccccc2F)[nH]n1. The number of likely N-dealkylation sites (N-methyl/N-ethyl adjacent to an activating group) is 1. The number of nitrogens with zero attached hydrogens (tertiary/aromatic N) is 2. The average Bonchev–Trinajstić information content (AvgIpc) is 3.02. The van der Waals surface area contributed by atoms with Gasteiger partial charge < -0.3 is 19.8 Å². The van der Waals surface area contributed by atoms with Crippen LogP contribution in [0.4, 0.5) is 4.39 Å². The van der Waals surface area contributed by atoms with Gasteiger partial charge in [-0.3, -0.25) is 9.89 Å². The maximum absolute atomic E-state index is 13.4. The minimum absolute atomic E-state index is 0.0107. The summed E-state index contributed by atoms with van der Waals surface area (Å²) in [6, 6.07) is 7.50. The Kier molecular flexibility index (Phi) is 5.67. The molecule has 1 heterocycles. The predicted molar refractivity (Wildman–Crippen MR) is 79.4 cm³/mol. The number of aliphatic hydroxyl groups is 2. The molecule has 1 aromatic heterocycles. The van der Waals surface area contributed by atoms with Crippen molar-refractivity contribution in [1.29, 1.82) is 0 Å². The third kappa shape index (κ3) is 4.51. The molecule has 0 saturated carbocycles. The molecule has 1 unspecified atom stereocenters. The van der Waals surface area contributed by atoms with E-state index in [1.54, 1.807) is 12.1 Å². The number of para-hydroxylation sites is 1. The van der Waals surface area contributed by atoms with E-state index >= 15 is 0 Å². The van der Waals surface area contributed by atoms with Gasteiger partial charge in [-0.2, -0.15) is 5.10 Å². The van der Waals surface area contributed by atoms with E-state index in [-0.39, 0.29) is 24.6 Å². The second kappa shape index (κ2) is 7.70. The molecular formula is C15H18FN3O4. The maximum atomic E-state index is 13.4. The van der Waals surface area contributed by atoms with Gasteiger partial charge in [0.2, 0.25) is 0 Å². The van der Waals surface area contributed by atoms with E-state index in [4.69, 9.17) is 9.84 Å². The number of amides is 1. The van der Waals surface area contributed by atoms with E-state index in [0.717, 1.165) is 0 Å². The molecule has 1 amide bonds. The summed E-state index contributed by atoms with van der Waals surface area (Å²) in [7, 11) is 1.49. The van der Waals surface area contributed by atoms with Crippen molar-refractivity contribution < 1.29 is 24.1 Å². The van der Waals surface area contributed by atoms with E-state index in [0.29, 0.717) is 5.69 Å². The van der Waals surface area contributed by atoms with Crippen LogP contribution in [-0.2, 0) is 6.61 Å². The highest BCUT2D eigenvalue weighted by Crippen LogP contribution is 2.17. The summed E-state index contributed by atoms with van der Waals surface area (Å²) in [5, 5.41) is 24.6. The predicted octanol–water partition coefficient (Wildman–Crippen LogP) is 0.553. The highest BCUT2D eigenvalue weighted by Gasteiger charge is 2.18. The monoisotopic (exact) mass is 323 g/mol. The number of aromatic amines is 1. The van der Waals surface area contributed by atoms with Gasteiger partial charge in [-0.15, -0.1) is 0 Å². The number of nitrogens with one attached hydrogen (secondary N) is 1. The van der Waals surface area contributed by atoms with Crippen molar-refractivity contribution in [3.63, 3.8) is 0 Å². The van der Waals surface area contributed by atoms with Crippen molar-refractivity contribution in [3.05, 3.63) is 47.5 Å². The Labute approximate surface area is 132 Å². The zero-order valence-corrected chi connectivity index (χ0v) is 12.6. The van der Waals surface area contributed by atoms with Crippen LogP contribution >= 0.6 is 0 Å². The Bertz CT molecular complexity index is 662. The van der Waals surface area contributed by atoms with Crippen LogP contribution in [0.2, 0.25) is 0 Å². The number of aliphatic hydroxyl groups excluding tert-OH is 2. The smallest absolute Gasteiger partial charge is 0.274 e. The highest BCUT2D eigenvalue weighted by atomic mass is 19.1. The fourth-order valence-electron chi connectivity index (χ4n) is 1.91. The molecular weight excluding hydrogens is 305 g/mol. The molecule has 0 aliphatic heterocycles. The Morgan fingerprint density at radius 2 is 2.22 bits per heavy atom. The van der Waals surface area contributed by atoms with Gasteiger partial charge in [0.1, 0.15) is 6.61 Å². The standard InChI is InChI=1S/C15H18FN3O4/c1-19(7-11(21)8-20)15(22)13-6-10(17-18-13)9-23-14-5-3-2-4-12(14)16/h2-6,11,20-21H,7-9H2,1H3,(H,17,18). The number of carbonyl (C=O) groups excluding carboxylic acids is 1. The van der Waals surface area contributed by atoms with Gasteiger partial charge in [0.05, 0.1) is 18.4 Å². The van der Waals surface area contributed by atoms with Gasteiger partial charge in [0, 0.05) is 13.6 Å². The molecule has 7 nitrogen and oxygen atoms in total. The summed E-state index contributed by atoms with van der Waals surface area (Å²) in [6.45, 7) is -0.409. The van der Waals surface area contributed by atoms with Gasteiger partial charge in [-0.1, -0.05) is 12.1 Å². The fraction of sp³-hybridized carbons (Fsp3) is 0.333. The number of hydrogen-bond donors (Lipinski definition) is 3. The molecule has 124 valence electrons. The highest BCUT2D eigenvalue weighted by molar-refractivity contribution is 5.92. The van der Waals surface area contributed by atoms with Crippen LogP contribution in [0.5, 0.6) is 5.75 Å². The van der Waals surface area contributed by atoms with Gasteiger partial charge in [-0.25, -0.2) is 4.39 Å². The summed E-state index contributed by atoms with van der Waals surface area (Å²) in [5.74, 6) is -0.773. The van der Waals surface area contributed by atoms with Crippen LogP contribution in [0.3, 0.4) is 0 Å². The number of benzene rings is 1. The van der Waals surface area contributed by atoms with Gasteiger partial charge in [-0.05, 0) is 18.2 Å². The van der Waals surface area contributed by atoms with Crippen molar-refractivity contribution in [3.8, 4) is 5.75 Å². The molecule has 0 fully saturated rings. The van der Waals surface area contributed by atoms with Crippen molar-refractivity contribution in [2.24, 2.45) is 0 Å². The van der Waals surface area contributed by atoms with Crippen LogP contribution in [0.1, 0.15) is 16.2 Å². The summed E-state index contributed by atoms with van der Waals surface area (Å²) in [6.07, 6.45) is -1.01. The van der Waals surface area contributed by atoms with Crippen LogP contribution in [-0.4, -0.2) is 57.5 Å². The first kappa shape index (κ1) is 16.9. The van der Waals surface area contributed by atoms with E-state index in [9.17, 15) is 14.3 Å². The number of carbonyl (C=O) groups is 1. The number of hydrogen-bond acceptors (Lipinski definition) is 5. The second-order valence-corrected chi connectivity index (χ2v) is 5.02. The molecule has 0 aliphatic carbocycles. The van der Waals surface area contributed by atoms with Gasteiger partial charge in [0.15, 0.2) is 17.3 Å². The van der Waals surface area contributed by atoms with Crippen molar-refractivity contribution >= 4 is 5.91 Å². The van der Waals surface area contributed by atoms with E-state index in [2.05, 4.69) is 10.2 Å². The number of rotatable bonds is 7. The fourth-order valence-corrected chi connectivity index (χ4v) is 1.91. The molecule has 0 aliphatic rings. The normalized spacial score (nSPS) is 12.0. The van der Waals surface area contributed by atoms with Crippen molar-refractivity contribution in [1.82, 2.24) is 15.1 Å². The van der Waals surface area contributed by atoms with Crippen molar-refractivity contribution in [2.75, 3.05) is 20.2 Å². The zero-order chi connectivity index (χ0) is 16.8. The second-order valence-electron chi connectivity index (χ2n) is 5.02. The third-order valence-corrected chi connectivity index (χ3v) is 3.11. The van der Waals surface area contributed by atoms with E-state index in [1.165, 1.54) is 30.1 Å². The molecule has 2 aromatic rings. The van der Waals surface area contributed by atoms with Gasteiger partial charge in [0.25, 0.3) is 5.91 Å². The molecule has 8 heteroatoms. The maximum Gasteiger partial charge on any atom is 0.274 e. The van der Waals surface area contributed by atoms with Crippen LogP contribution in [0.15, 0.2) is 30.3 Å². The first-order valence-corrected chi connectivity index (χ1v) is 6.97. The molecule has 23 heavy (non-hydrogen) atoms. The van der Waals surface area contributed by atoms with Crippen LogP contribution < -0.4 is 4.74 Å². The molecule has 2 rings (SSSR count). The molecule has 0 saturated heterocycles. The van der Waals surface area contributed by atoms with E-state index in [1.807, 2.05) is 0 Å². The topological polar surface area (TPSA) is 98.7 Å². The zero-order valence-electron chi connectivity index (χ0n) is 12.6. The largest absolute Gasteiger partial charge is 0.484 e. The summed E-state index contributed by atoms with van der Waals surface area (Å²) in [4.78, 5) is 13.3. The lowest BCUT2D eigenvalue weighted by molar-refractivity contribution is 0.0516. The van der Waals surface area contributed by atoms with E-state index < -0.39 is 24.4 Å². The average molecular weight is 323 g/mol. The Morgan fingerprint density at radius 1 is 1.48 bits per heavy atom. The Morgan fingerprint density at radius 3 is 2.91 bits per heavy atom. The molecule has 1 atom stereocenters. The Hall–Kier alpha value is -2.45. The number of aromatic nitrogens is 2. The molecule has 0 radical (unpaired) electrons. The van der Waals surface area contributed by atoms with Crippen molar-refractivity contribution in [2.45, 2.75) is 12.7 Å². The lowest BCUT2D eigenvalue weighted by atomic mass is 10.3. The summed E-state index contributed by atoms with van der Waals surface area (Å²) in [5.41, 5.74) is 0.650. The Balaban J connectivity index is 1.95. The summed E-state index contributed by atoms with van der Waals surface area (Å²) >= 11 is 0. The molecule has 0 bridgehead atoms.